The fourth-order valence-corrected chi connectivity index (χ4v) is 7.93. The number of pyridine rings is 3. The van der Waals surface area contributed by atoms with Crippen molar-refractivity contribution < 1.29 is 9.15 Å². The van der Waals surface area contributed by atoms with Gasteiger partial charge in [-0.15, -0.1) is 0 Å². The van der Waals surface area contributed by atoms with Crippen LogP contribution in [0, 0.1) is 6.92 Å². The summed E-state index contributed by atoms with van der Waals surface area (Å²) in [6, 6.07) is 50.0. The molecule has 7 heteroatoms. The molecule has 0 fully saturated rings. The standard InChI is InChI=1S/C46H29N5O2/c1-28-17-19-32-35-25-31(26-36(37-14-7-9-23-47-37)45(35)53-46(32)49-28)52-30-18-20-34-41(27-30)51(42-16-8-10-24-48-42)40-22-21-39-43(44(34)40)33-13-5-6-15-38(33)50(39)29-11-3-2-4-12-29/h2-27H,1H3. The Morgan fingerprint density at radius 1 is 0.528 bits per heavy atom. The van der Waals surface area contributed by atoms with Crippen molar-refractivity contribution in [3.05, 3.63) is 164 Å². The summed E-state index contributed by atoms with van der Waals surface area (Å²) in [6.45, 7) is 1.97. The van der Waals surface area contributed by atoms with Crippen LogP contribution in [0.3, 0.4) is 0 Å². The van der Waals surface area contributed by atoms with Gasteiger partial charge in [-0.1, -0.05) is 48.5 Å². The second kappa shape index (κ2) is 11.4. The lowest BCUT2D eigenvalue weighted by Crippen LogP contribution is -1.97. The van der Waals surface area contributed by atoms with Crippen LogP contribution >= 0.6 is 0 Å². The van der Waals surface area contributed by atoms with Crippen LogP contribution in [0.2, 0.25) is 0 Å². The Kier molecular flexibility index (Phi) is 6.33. The number of benzene rings is 5. The SMILES string of the molecule is Cc1ccc2c(n1)oc1c(-c3ccccn3)cc(Oc3ccc4c5c6c7ccccc7n(-c7ccccc7)c6ccc5n(-c5ccccn5)c4c3)cc12. The van der Waals surface area contributed by atoms with Gasteiger partial charge in [-0.05, 0) is 97.9 Å². The number of rotatable bonds is 5. The summed E-state index contributed by atoms with van der Waals surface area (Å²) in [4.78, 5) is 14.2. The van der Waals surface area contributed by atoms with Crippen LogP contribution < -0.4 is 4.74 Å². The monoisotopic (exact) mass is 683 g/mol. The second-order valence-corrected chi connectivity index (χ2v) is 13.3. The molecule has 5 aromatic carbocycles. The molecule has 0 amide bonds. The van der Waals surface area contributed by atoms with E-state index >= 15 is 0 Å². The first-order chi connectivity index (χ1) is 26.2. The highest BCUT2D eigenvalue weighted by Crippen LogP contribution is 2.44. The highest BCUT2D eigenvalue weighted by atomic mass is 16.5. The Hall–Kier alpha value is -7.25. The highest BCUT2D eigenvalue weighted by Gasteiger charge is 2.22. The topological polar surface area (TPSA) is 70.9 Å². The lowest BCUT2D eigenvalue weighted by Gasteiger charge is -2.10. The normalized spacial score (nSPS) is 11.9. The van der Waals surface area contributed by atoms with E-state index < -0.39 is 0 Å². The smallest absolute Gasteiger partial charge is 0.227 e. The van der Waals surface area contributed by atoms with Crippen molar-refractivity contribution in [3.63, 3.8) is 0 Å². The molecule has 7 nitrogen and oxygen atoms in total. The van der Waals surface area contributed by atoms with Crippen molar-refractivity contribution in [2.24, 2.45) is 0 Å². The molecule has 0 saturated heterocycles. The summed E-state index contributed by atoms with van der Waals surface area (Å²) in [5.74, 6) is 2.21. The van der Waals surface area contributed by atoms with E-state index in [1.807, 2.05) is 61.7 Å². The maximum atomic E-state index is 6.78. The molecule has 53 heavy (non-hydrogen) atoms. The molecule has 0 spiro atoms. The van der Waals surface area contributed by atoms with Crippen molar-refractivity contribution in [1.82, 2.24) is 24.1 Å². The van der Waals surface area contributed by atoms with Gasteiger partial charge in [0.2, 0.25) is 5.71 Å². The summed E-state index contributed by atoms with van der Waals surface area (Å²) >= 11 is 0. The Bertz CT molecular complexity index is 3200. The number of hydrogen-bond acceptors (Lipinski definition) is 5. The molecular formula is C46H29N5O2. The molecule has 0 bridgehead atoms. The van der Waals surface area contributed by atoms with Gasteiger partial charge in [-0.2, -0.15) is 0 Å². The predicted octanol–water partition coefficient (Wildman–Crippen LogP) is 11.7. The van der Waals surface area contributed by atoms with Crippen LogP contribution in [0.1, 0.15) is 5.69 Å². The van der Waals surface area contributed by atoms with E-state index in [0.717, 1.165) is 72.3 Å². The molecule has 0 unspecified atom stereocenters. The minimum absolute atomic E-state index is 0.593. The van der Waals surface area contributed by atoms with Crippen molar-refractivity contribution in [1.29, 1.82) is 0 Å². The van der Waals surface area contributed by atoms with Gasteiger partial charge >= 0.3 is 0 Å². The molecule has 0 aliphatic rings. The minimum atomic E-state index is 0.593. The van der Waals surface area contributed by atoms with E-state index in [1.165, 1.54) is 16.2 Å². The molecule has 6 aromatic heterocycles. The molecule has 0 aliphatic carbocycles. The summed E-state index contributed by atoms with van der Waals surface area (Å²) in [6.07, 6.45) is 3.63. The number of furan rings is 1. The number of para-hydroxylation sites is 2. The first-order valence-electron chi connectivity index (χ1n) is 17.6. The fourth-order valence-electron chi connectivity index (χ4n) is 7.93. The zero-order chi connectivity index (χ0) is 35.0. The third-order valence-corrected chi connectivity index (χ3v) is 10.2. The molecule has 11 rings (SSSR count). The molecular weight excluding hydrogens is 655 g/mol. The second-order valence-electron chi connectivity index (χ2n) is 13.3. The number of aromatic nitrogens is 5. The van der Waals surface area contributed by atoms with Crippen molar-refractivity contribution >= 4 is 65.7 Å². The van der Waals surface area contributed by atoms with Crippen molar-refractivity contribution in [2.45, 2.75) is 6.92 Å². The van der Waals surface area contributed by atoms with Gasteiger partial charge in [0.1, 0.15) is 22.9 Å². The zero-order valence-electron chi connectivity index (χ0n) is 28.6. The number of nitrogens with zero attached hydrogens (tertiary/aromatic N) is 5. The van der Waals surface area contributed by atoms with E-state index in [9.17, 15) is 0 Å². The third kappa shape index (κ3) is 4.50. The highest BCUT2D eigenvalue weighted by molar-refractivity contribution is 6.29. The molecule has 250 valence electrons. The Morgan fingerprint density at radius 3 is 2.08 bits per heavy atom. The fraction of sp³-hybridized carbons (Fsp3) is 0.0217. The first-order valence-corrected chi connectivity index (χ1v) is 17.6. The van der Waals surface area contributed by atoms with E-state index in [0.29, 0.717) is 17.2 Å². The van der Waals surface area contributed by atoms with Crippen LogP contribution in [-0.2, 0) is 0 Å². The van der Waals surface area contributed by atoms with Gasteiger partial charge in [-0.25, -0.2) is 9.97 Å². The van der Waals surface area contributed by atoms with Crippen molar-refractivity contribution in [2.75, 3.05) is 0 Å². The molecule has 0 atom stereocenters. The Labute approximate surface area is 303 Å². The van der Waals surface area contributed by atoms with E-state index in [-0.39, 0.29) is 0 Å². The summed E-state index contributed by atoms with van der Waals surface area (Å²) < 4.78 is 17.7. The summed E-state index contributed by atoms with van der Waals surface area (Å²) in [7, 11) is 0. The molecule has 0 radical (unpaired) electrons. The minimum Gasteiger partial charge on any atom is -0.457 e. The van der Waals surface area contributed by atoms with Crippen LogP contribution in [0.25, 0.3) is 88.4 Å². The zero-order valence-corrected chi connectivity index (χ0v) is 28.6. The summed E-state index contributed by atoms with van der Waals surface area (Å²) in [5.41, 5.74) is 9.37. The number of aryl methyl sites for hydroxylation is 1. The van der Waals surface area contributed by atoms with E-state index in [1.54, 1.807) is 6.20 Å². The maximum absolute atomic E-state index is 6.78. The van der Waals surface area contributed by atoms with Crippen molar-refractivity contribution in [3.8, 4) is 34.3 Å². The molecule has 0 saturated carbocycles. The quantitative estimate of drug-likeness (QED) is 0.181. The van der Waals surface area contributed by atoms with Gasteiger partial charge < -0.3 is 13.7 Å². The van der Waals surface area contributed by atoms with Crippen LogP contribution in [0.5, 0.6) is 11.5 Å². The van der Waals surface area contributed by atoms with E-state index in [4.69, 9.17) is 14.1 Å². The number of hydrogen-bond donors (Lipinski definition) is 0. The Balaban J connectivity index is 1.16. The molecule has 0 N–H and O–H groups in total. The average molecular weight is 684 g/mol. The predicted molar refractivity (Wildman–Crippen MR) is 212 cm³/mol. The molecule has 6 heterocycles. The van der Waals surface area contributed by atoms with Gasteiger partial charge in [-0.3, -0.25) is 9.55 Å². The van der Waals surface area contributed by atoms with Gasteiger partial charge in [0.25, 0.3) is 0 Å². The maximum Gasteiger partial charge on any atom is 0.227 e. The summed E-state index contributed by atoms with van der Waals surface area (Å²) in [5, 5.41) is 6.55. The average Bonchev–Trinajstić information content (AvgIpc) is 3.85. The lowest BCUT2D eigenvalue weighted by molar-refractivity contribution is 0.484. The van der Waals surface area contributed by atoms with Gasteiger partial charge in [0.15, 0.2) is 0 Å². The van der Waals surface area contributed by atoms with E-state index in [2.05, 4.69) is 116 Å². The van der Waals surface area contributed by atoms with Crippen LogP contribution in [0.4, 0.5) is 0 Å². The van der Waals surface area contributed by atoms with Gasteiger partial charge in [0, 0.05) is 67.7 Å². The molecule has 0 aliphatic heterocycles. The molecule has 11 aromatic rings. The first kappa shape index (κ1) is 29.5. The number of ether oxygens (including phenoxy) is 1. The van der Waals surface area contributed by atoms with Crippen LogP contribution in [-0.4, -0.2) is 24.1 Å². The lowest BCUT2D eigenvalue weighted by atomic mass is 10.1. The number of fused-ring (bicyclic) bond motifs is 10. The Morgan fingerprint density at radius 2 is 1.26 bits per heavy atom. The third-order valence-electron chi connectivity index (χ3n) is 10.2. The van der Waals surface area contributed by atoms with Gasteiger partial charge in [0.05, 0.1) is 27.8 Å². The van der Waals surface area contributed by atoms with Crippen LogP contribution in [0.15, 0.2) is 162 Å². The largest absolute Gasteiger partial charge is 0.457 e.